The number of halogens is 1. The molecule has 0 saturated heterocycles. The SMILES string of the molecule is Cc1ccc(S(=O)(=O)Nc2nc(CCC(=O)NCc3ccc(F)cc3)cs2)cc1. The number of sulfonamides is 1. The maximum absolute atomic E-state index is 12.9. The zero-order valence-corrected chi connectivity index (χ0v) is 17.3. The molecular formula is C20H20FN3O3S2. The third-order valence-corrected chi connectivity index (χ3v) is 6.41. The average Bonchev–Trinajstić information content (AvgIpc) is 3.13. The Morgan fingerprint density at radius 3 is 2.48 bits per heavy atom. The van der Waals surface area contributed by atoms with Gasteiger partial charge in [0.05, 0.1) is 10.6 Å². The number of hydrogen-bond donors (Lipinski definition) is 2. The Hall–Kier alpha value is -2.78. The van der Waals surface area contributed by atoms with Gasteiger partial charge in [-0.3, -0.25) is 9.52 Å². The summed E-state index contributed by atoms with van der Waals surface area (Å²) in [5.74, 6) is -0.485. The Kier molecular flexibility index (Phi) is 6.60. The topological polar surface area (TPSA) is 88.2 Å². The van der Waals surface area contributed by atoms with E-state index in [0.717, 1.165) is 11.1 Å². The zero-order valence-electron chi connectivity index (χ0n) is 15.7. The molecule has 3 rings (SSSR count). The maximum Gasteiger partial charge on any atom is 0.263 e. The standard InChI is InChI=1S/C20H20FN3O3S2/c1-14-2-9-18(10-3-14)29(26,27)24-20-23-17(13-28-20)8-11-19(25)22-12-15-4-6-16(21)7-5-15/h2-7,9-10,13H,8,11-12H2,1H3,(H,22,25)(H,23,24). The van der Waals surface area contributed by atoms with Crippen molar-refractivity contribution in [2.45, 2.75) is 31.2 Å². The van der Waals surface area contributed by atoms with Gasteiger partial charge in [0.25, 0.3) is 10.0 Å². The van der Waals surface area contributed by atoms with Crippen LogP contribution in [0, 0.1) is 12.7 Å². The molecule has 0 unspecified atom stereocenters. The fraction of sp³-hybridized carbons (Fsp3) is 0.200. The van der Waals surface area contributed by atoms with Crippen LogP contribution in [0.2, 0.25) is 0 Å². The number of nitrogens with one attached hydrogen (secondary N) is 2. The molecule has 29 heavy (non-hydrogen) atoms. The van der Waals surface area contributed by atoms with Crippen LogP contribution in [-0.2, 0) is 27.8 Å². The molecule has 0 atom stereocenters. The van der Waals surface area contributed by atoms with E-state index in [1.54, 1.807) is 29.6 Å². The molecule has 0 bridgehead atoms. The van der Waals surface area contributed by atoms with Crippen molar-refractivity contribution in [1.29, 1.82) is 0 Å². The lowest BCUT2D eigenvalue weighted by Crippen LogP contribution is -2.23. The Balaban J connectivity index is 1.50. The molecule has 0 aliphatic heterocycles. The van der Waals surface area contributed by atoms with Crippen LogP contribution in [0.1, 0.15) is 23.2 Å². The largest absolute Gasteiger partial charge is 0.352 e. The molecule has 2 N–H and O–H groups in total. The smallest absolute Gasteiger partial charge is 0.263 e. The van der Waals surface area contributed by atoms with Crippen molar-refractivity contribution < 1.29 is 17.6 Å². The molecule has 0 fully saturated rings. The fourth-order valence-corrected chi connectivity index (χ4v) is 4.49. The number of carbonyl (C=O) groups excluding carboxylic acids is 1. The summed E-state index contributed by atoms with van der Waals surface area (Å²) >= 11 is 1.17. The molecule has 1 heterocycles. The normalized spacial score (nSPS) is 11.2. The van der Waals surface area contributed by atoms with E-state index in [4.69, 9.17) is 0 Å². The summed E-state index contributed by atoms with van der Waals surface area (Å²) in [5.41, 5.74) is 2.41. The second kappa shape index (κ2) is 9.15. The lowest BCUT2D eigenvalue weighted by atomic mass is 10.2. The van der Waals surface area contributed by atoms with Gasteiger partial charge < -0.3 is 5.32 Å². The minimum absolute atomic E-state index is 0.163. The number of amides is 1. The summed E-state index contributed by atoms with van der Waals surface area (Å²) in [4.78, 5) is 16.4. The van der Waals surface area contributed by atoms with Crippen LogP contribution in [-0.4, -0.2) is 19.3 Å². The van der Waals surface area contributed by atoms with Crippen LogP contribution in [0.3, 0.4) is 0 Å². The predicted molar refractivity (Wildman–Crippen MR) is 111 cm³/mol. The van der Waals surface area contributed by atoms with Crippen molar-refractivity contribution in [2.24, 2.45) is 0 Å². The lowest BCUT2D eigenvalue weighted by molar-refractivity contribution is -0.121. The van der Waals surface area contributed by atoms with Gasteiger partial charge in [-0.25, -0.2) is 17.8 Å². The summed E-state index contributed by atoms with van der Waals surface area (Å²) in [6.07, 6.45) is 0.604. The molecule has 6 nitrogen and oxygen atoms in total. The van der Waals surface area contributed by atoms with Crippen LogP contribution >= 0.6 is 11.3 Å². The third-order valence-electron chi connectivity index (χ3n) is 4.12. The molecule has 3 aromatic rings. The highest BCUT2D eigenvalue weighted by Gasteiger charge is 2.16. The number of benzene rings is 2. The van der Waals surface area contributed by atoms with Crippen LogP contribution in [0.25, 0.3) is 0 Å². The molecule has 152 valence electrons. The minimum Gasteiger partial charge on any atom is -0.352 e. The van der Waals surface area contributed by atoms with Crippen LogP contribution in [0.15, 0.2) is 58.8 Å². The van der Waals surface area contributed by atoms with E-state index in [1.165, 1.54) is 35.6 Å². The van der Waals surface area contributed by atoms with Gasteiger partial charge in [0.1, 0.15) is 5.82 Å². The van der Waals surface area contributed by atoms with Crippen molar-refractivity contribution >= 4 is 32.4 Å². The van der Waals surface area contributed by atoms with Crippen molar-refractivity contribution in [3.05, 3.63) is 76.5 Å². The van der Waals surface area contributed by atoms with Crippen LogP contribution < -0.4 is 10.0 Å². The van der Waals surface area contributed by atoms with Gasteiger partial charge in [0.2, 0.25) is 5.91 Å². The predicted octanol–water partition coefficient (Wildman–Crippen LogP) is 3.64. The van der Waals surface area contributed by atoms with E-state index in [2.05, 4.69) is 15.0 Å². The third kappa shape index (κ3) is 6.10. The van der Waals surface area contributed by atoms with E-state index in [0.29, 0.717) is 18.7 Å². The number of aromatic nitrogens is 1. The number of rotatable bonds is 8. The molecule has 0 aliphatic rings. The molecule has 0 saturated carbocycles. The van der Waals surface area contributed by atoms with Crippen LogP contribution in [0.5, 0.6) is 0 Å². The summed E-state index contributed by atoms with van der Waals surface area (Å²) in [6, 6.07) is 12.4. The second-order valence-electron chi connectivity index (χ2n) is 6.47. The number of anilines is 1. The quantitative estimate of drug-likeness (QED) is 0.568. The lowest BCUT2D eigenvalue weighted by Gasteiger charge is -2.05. The summed E-state index contributed by atoms with van der Waals surface area (Å²) in [5, 5.41) is 4.74. The first-order chi connectivity index (χ1) is 13.8. The van der Waals surface area contributed by atoms with E-state index in [-0.39, 0.29) is 28.2 Å². The molecule has 0 radical (unpaired) electrons. The Morgan fingerprint density at radius 2 is 1.79 bits per heavy atom. The second-order valence-corrected chi connectivity index (χ2v) is 9.01. The first kappa shape index (κ1) is 20.9. The minimum atomic E-state index is -3.70. The first-order valence-electron chi connectivity index (χ1n) is 8.87. The molecule has 9 heteroatoms. The Bertz CT molecular complexity index is 1080. The Morgan fingerprint density at radius 1 is 1.10 bits per heavy atom. The molecule has 1 aromatic heterocycles. The fourth-order valence-electron chi connectivity index (χ4n) is 2.49. The average molecular weight is 434 g/mol. The van der Waals surface area contributed by atoms with Crippen LogP contribution in [0.4, 0.5) is 9.52 Å². The molecule has 0 aliphatic carbocycles. The number of hydrogen-bond acceptors (Lipinski definition) is 5. The van der Waals surface area contributed by atoms with Gasteiger partial charge in [-0.1, -0.05) is 29.8 Å². The van der Waals surface area contributed by atoms with Crippen molar-refractivity contribution in [2.75, 3.05) is 4.72 Å². The molecule has 1 amide bonds. The van der Waals surface area contributed by atoms with E-state index in [9.17, 15) is 17.6 Å². The Labute approximate surface area is 172 Å². The van der Waals surface area contributed by atoms with E-state index >= 15 is 0 Å². The van der Waals surface area contributed by atoms with Crippen molar-refractivity contribution in [3.63, 3.8) is 0 Å². The van der Waals surface area contributed by atoms with Gasteiger partial charge in [0, 0.05) is 18.3 Å². The summed E-state index contributed by atoms with van der Waals surface area (Å²) in [7, 11) is -3.70. The summed E-state index contributed by atoms with van der Waals surface area (Å²) in [6.45, 7) is 2.20. The number of aryl methyl sites for hydroxylation is 2. The first-order valence-corrected chi connectivity index (χ1v) is 11.2. The molecule has 0 spiro atoms. The number of nitrogens with zero attached hydrogens (tertiary/aromatic N) is 1. The van der Waals surface area contributed by atoms with Gasteiger partial charge >= 0.3 is 0 Å². The van der Waals surface area contributed by atoms with Gasteiger partial charge in [-0.2, -0.15) is 0 Å². The number of carbonyl (C=O) groups is 1. The maximum atomic E-state index is 12.9. The van der Waals surface area contributed by atoms with Gasteiger partial charge in [-0.15, -0.1) is 11.3 Å². The number of thiazole rings is 1. The molecular weight excluding hydrogens is 413 g/mol. The highest BCUT2D eigenvalue weighted by Crippen LogP contribution is 2.21. The van der Waals surface area contributed by atoms with Gasteiger partial charge in [0.15, 0.2) is 5.13 Å². The van der Waals surface area contributed by atoms with E-state index < -0.39 is 10.0 Å². The highest BCUT2D eigenvalue weighted by atomic mass is 32.2. The van der Waals surface area contributed by atoms with E-state index in [1.807, 2.05) is 6.92 Å². The highest BCUT2D eigenvalue weighted by molar-refractivity contribution is 7.93. The van der Waals surface area contributed by atoms with Crippen molar-refractivity contribution in [3.8, 4) is 0 Å². The van der Waals surface area contributed by atoms with Gasteiger partial charge in [-0.05, 0) is 43.2 Å². The zero-order chi connectivity index (χ0) is 20.9. The monoisotopic (exact) mass is 433 g/mol. The summed E-state index contributed by atoms with van der Waals surface area (Å²) < 4.78 is 40.1. The molecule has 2 aromatic carbocycles. The van der Waals surface area contributed by atoms with Crippen molar-refractivity contribution in [1.82, 2.24) is 10.3 Å².